The van der Waals surface area contributed by atoms with Gasteiger partial charge in [-0.25, -0.2) is 0 Å². The number of nitrogens with two attached hydrogens (primary N) is 1. The second-order valence-electron chi connectivity index (χ2n) is 5.28. The Kier molecular flexibility index (Phi) is 3.89. The molecule has 2 atom stereocenters. The predicted octanol–water partition coefficient (Wildman–Crippen LogP) is 0.128. The van der Waals surface area contributed by atoms with E-state index >= 15 is 0 Å². The van der Waals surface area contributed by atoms with Gasteiger partial charge in [0, 0.05) is 19.6 Å². The van der Waals surface area contributed by atoms with Crippen molar-refractivity contribution in [3.05, 3.63) is 35.9 Å². The van der Waals surface area contributed by atoms with Gasteiger partial charge in [0.05, 0.1) is 6.61 Å². The lowest BCUT2D eigenvalue weighted by Crippen LogP contribution is -2.53. The minimum absolute atomic E-state index is 0.158. The molecule has 0 aromatic heterocycles. The maximum absolute atomic E-state index is 12.2. The molecule has 0 aliphatic carbocycles. The molecule has 1 aliphatic heterocycles. The van der Waals surface area contributed by atoms with Crippen LogP contribution in [0.15, 0.2) is 30.3 Å². The topological polar surface area (TPSA) is 84.6 Å². The minimum atomic E-state index is -1.11. The Hall–Kier alpha value is -1.43. The summed E-state index contributed by atoms with van der Waals surface area (Å²) < 4.78 is 5.13. The lowest BCUT2D eigenvalue weighted by Gasteiger charge is -2.27. The van der Waals surface area contributed by atoms with E-state index < -0.39 is 11.1 Å². The van der Waals surface area contributed by atoms with Crippen LogP contribution in [0.5, 0.6) is 0 Å². The van der Waals surface area contributed by atoms with E-state index in [1.165, 1.54) is 0 Å². The smallest absolute Gasteiger partial charge is 0.244 e. The summed E-state index contributed by atoms with van der Waals surface area (Å²) in [6.07, 6.45) is 0.528. The first-order valence-corrected chi connectivity index (χ1v) is 6.37. The molecule has 5 nitrogen and oxygen atoms in total. The Morgan fingerprint density at radius 3 is 2.79 bits per heavy atom. The van der Waals surface area contributed by atoms with Gasteiger partial charge in [0.1, 0.15) is 11.1 Å². The van der Waals surface area contributed by atoms with Crippen LogP contribution in [-0.2, 0) is 15.1 Å². The molecule has 1 fully saturated rings. The molecular weight excluding hydrogens is 244 g/mol. The summed E-state index contributed by atoms with van der Waals surface area (Å²) in [5, 5.41) is 12.8. The van der Waals surface area contributed by atoms with E-state index in [2.05, 4.69) is 5.32 Å². The minimum Gasteiger partial charge on any atom is -0.386 e. The second-order valence-corrected chi connectivity index (χ2v) is 5.28. The highest BCUT2D eigenvalue weighted by Gasteiger charge is 2.36. The summed E-state index contributed by atoms with van der Waals surface area (Å²) in [6.45, 7) is 2.59. The van der Waals surface area contributed by atoms with Crippen LogP contribution in [0.2, 0.25) is 0 Å². The largest absolute Gasteiger partial charge is 0.386 e. The number of aliphatic hydroxyl groups is 1. The molecule has 0 spiro atoms. The van der Waals surface area contributed by atoms with Gasteiger partial charge in [-0.15, -0.1) is 0 Å². The first-order chi connectivity index (χ1) is 8.94. The summed E-state index contributed by atoms with van der Waals surface area (Å²) in [7, 11) is 0. The van der Waals surface area contributed by atoms with Gasteiger partial charge in [-0.1, -0.05) is 30.3 Å². The number of rotatable bonds is 4. The Balaban J connectivity index is 1.99. The van der Waals surface area contributed by atoms with E-state index in [4.69, 9.17) is 10.5 Å². The fourth-order valence-electron chi connectivity index (χ4n) is 2.08. The maximum Gasteiger partial charge on any atom is 0.244 e. The molecule has 1 heterocycles. The first kappa shape index (κ1) is 14.0. The van der Waals surface area contributed by atoms with Crippen LogP contribution >= 0.6 is 0 Å². The number of benzene rings is 1. The van der Waals surface area contributed by atoms with Gasteiger partial charge in [-0.2, -0.15) is 0 Å². The number of hydrogen-bond acceptors (Lipinski definition) is 4. The number of nitrogens with one attached hydrogen (secondary N) is 1. The van der Waals surface area contributed by atoms with E-state index in [0.717, 1.165) is 5.56 Å². The van der Waals surface area contributed by atoms with Gasteiger partial charge in [0.15, 0.2) is 0 Å². The number of hydrogen-bond donors (Lipinski definition) is 3. The summed E-state index contributed by atoms with van der Waals surface area (Å²) in [5.74, 6) is -0.306. The predicted molar refractivity (Wildman–Crippen MR) is 71.4 cm³/mol. The highest BCUT2D eigenvalue weighted by Crippen LogP contribution is 2.20. The summed E-state index contributed by atoms with van der Waals surface area (Å²) in [4.78, 5) is 12.2. The summed E-state index contributed by atoms with van der Waals surface area (Å²) in [6, 6.07) is 9.17. The van der Waals surface area contributed by atoms with Crippen molar-refractivity contribution < 1.29 is 14.6 Å². The highest BCUT2D eigenvalue weighted by molar-refractivity contribution is 5.87. The standard InChI is InChI=1S/C14H20N2O3/c1-13(15,11-5-3-2-4-6-11)12(17)16-9-14(18)7-8-19-10-14/h2-6,18H,7-10,15H2,1H3,(H,16,17). The lowest BCUT2D eigenvalue weighted by atomic mass is 9.92. The van der Waals surface area contributed by atoms with E-state index in [-0.39, 0.29) is 19.1 Å². The quantitative estimate of drug-likeness (QED) is 0.721. The molecule has 0 bridgehead atoms. The number of carbonyl (C=O) groups excluding carboxylic acids is 1. The Labute approximate surface area is 112 Å². The average molecular weight is 264 g/mol. The van der Waals surface area contributed by atoms with Gasteiger partial charge in [0.2, 0.25) is 5.91 Å². The lowest BCUT2D eigenvalue weighted by molar-refractivity contribution is -0.127. The molecule has 0 saturated carbocycles. The van der Waals surface area contributed by atoms with Gasteiger partial charge in [0.25, 0.3) is 0 Å². The van der Waals surface area contributed by atoms with Crippen LogP contribution < -0.4 is 11.1 Å². The monoisotopic (exact) mass is 264 g/mol. The zero-order valence-electron chi connectivity index (χ0n) is 11.1. The highest BCUT2D eigenvalue weighted by atomic mass is 16.5. The molecule has 4 N–H and O–H groups in total. The van der Waals surface area contributed by atoms with Crippen molar-refractivity contribution >= 4 is 5.91 Å². The summed E-state index contributed by atoms with van der Waals surface area (Å²) in [5.41, 5.74) is 4.74. The second kappa shape index (κ2) is 5.28. The van der Waals surface area contributed by atoms with Crippen LogP contribution in [0.1, 0.15) is 18.9 Å². The number of ether oxygens (including phenoxy) is 1. The van der Waals surface area contributed by atoms with Crippen LogP contribution in [-0.4, -0.2) is 36.4 Å². The molecule has 2 unspecified atom stereocenters. The van der Waals surface area contributed by atoms with Gasteiger partial charge >= 0.3 is 0 Å². The summed E-state index contributed by atoms with van der Waals surface area (Å²) >= 11 is 0. The van der Waals surface area contributed by atoms with Crippen molar-refractivity contribution in [1.82, 2.24) is 5.32 Å². The maximum atomic E-state index is 12.2. The van der Waals surface area contributed by atoms with Crippen molar-refractivity contribution in [1.29, 1.82) is 0 Å². The number of amides is 1. The third kappa shape index (κ3) is 3.12. The fraction of sp³-hybridized carbons (Fsp3) is 0.500. The van der Waals surface area contributed by atoms with Crippen molar-refractivity contribution in [2.24, 2.45) is 5.73 Å². The zero-order chi connectivity index (χ0) is 13.9. The Morgan fingerprint density at radius 2 is 2.21 bits per heavy atom. The molecule has 104 valence electrons. The Bertz CT molecular complexity index is 439. The van der Waals surface area contributed by atoms with Crippen LogP contribution in [0.25, 0.3) is 0 Å². The Morgan fingerprint density at radius 1 is 1.53 bits per heavy atom. The molecule has 5 heteroatoms. The molecule has 1 aromatic carbocycles. The molecule has 1 aromatic rings. The van der Waals surface area contributed by atoms with Crippen molar-refractivity contribution in [2.45, 2.75) is 24.5 Å². The van der Waals surface area contributed by atoms with E-state index in [1.54, 1.807) is 6.92 Å². The first-order valence-electron chi connectivity index (χ1n) is 6.37. The normalized spacial score (nSPS) is 25.8. The van der Waals surface area contributed by atoms with Gasteiger partial charge < -0.3 is 20.9 Å². The van der Waals surface area contributed by atoms with Crippen molar-refractivity contribution in [2.75, 3.05) is 19.8 Å². The number of carbonyl (C=O) groups is 1. The molecule has 2 rings (SSSR count). The molecule has 1 aliphatic rings. The average Bonchev–Trinajstić information content (AvgIpc) is 2.84. The van der Waals surface area contributed by atoms with Crippen LogP contribution in [0.4, 0.5) is 0 Å². The van der Waals surface area contributed by atoms with Crippen molar-refractivity contribution in [3.63, 3.8) is 0 Å². The third-order valence-electron chi connectivity index (χ3n) is 3.51. The molecule has 19 heavy (non-hydrogen) atoms. The van der Waals surface area contributed by atoms with E-state index in [9.17, 15) is 9.90 Å². The van der Waals surface area contributed by atoms with Crippen LogP contribution in [0, 0.1) is 0 Å². The van der Waals surface area contributed by atoms with Crippen molar-refractivity contribution in [3.8, 4) is 0 Å². The fourth-order valence-corrected chi connectivity index (χ4v) is 2.08. The van der Waals surface area contributed by atoms with Crippen LogP contribution in [0.3, 0.4) is 0 Å². The molecule has 1 amide bonds. The van der Waals surface area contributed by atoms with E-state index in [0.29, 0.717) is 13.0 Å². The van der Waals surface area contributed by atoms with Gasteiger partial charge in [-0.05, 0) is 12.5 Å². The third-order valence-corrected chi connectivity index (χ3v) is 3.51. The molecule has 0 radical (unpaired) electrons. The molecular formula is C14H20N2O3. The molecule has 1 saturated heterocycles. The van der Waals surface area contributed by atoms with Gasteiger partial charge in [-0.3, -0.25) is 4.79 Å². The van der Waals surface area contributed by atoms with E-state index in [1.807, 2.05) is 30.3 Å². The zero-order valence-corrected chi connectivity index (χ0v) is 11.1. The SMILES string of the molecule is CC(N)(C(=O)NCC1(O)CCOC1)c1ccccc1.